The standard InChI is InChI=1S/C14H15Cl2NO/c1-3-17-14(12-6-7-13(16)18-12)10-5-4-9(2)11(15)8-10/h4-8,14,17H,3H2,1-2H3. The fraction of sp³-hybridized carbons (Fsp3) is 0.286. The molecule has 1 aromatic carbocycles. The average Bonchev–Trinajstić information content (AvgIpc) is 2.76. The molecule has 96 valence electrons. The first kappa shape index (κ1) is 13.5. The van der Waals surface area contributed by atoms with Gasteiger partial charge in [-0.05, 0) is 54.4 Å². The summed E-state index contributed by atoms with van der Waals surface area (Å²) in [6.45, 7) is 4.86. The van der Waals surface area contributed by atoms with Gasteiger partial charge in [0.05, 0.1) is 6.04 Å². The van der Waals surface area contributed by atoms with Gasteiger partial charge in [0.25, 0.3) is 0 Å². The van der Waals surface area contributed by atoms with Gasteiger partial charge in [0, 0.05) is 5.02 Å². The van der Waals surface area contributed by atoms with E-state index in [1.165, 1.54) is 0 Å². The maximum absolute atomic E-state index is 6.17. The SMILES string of the molecule is CCNC(c1ccc(C)c(Cl)c1)c1ccc(Cl)o1. The van der Waals surface area contributed by atoms with Crippen molar-refractivity contribution >= 4 is 23.2 Å². The summed E-state index contributed by atoms with van der Waals surface area (Å²) in [5.41, 5.74) is 2.13. The minimum Gasteiger partial charge on any atom is -0.448 e. The Morgan fingerprint density at radius 1 is 1.22 bits per heavy atom. The maximum atomic E-state index is 6.17. The molecule has 2 nitrogen and oxygen atoms in total. The summed E-state index contributed by atoms with van der Waals surface area (Å²) >= 11 is 12.0. The van der Waals surface area contributed by atoms with Gasteiger partial charge in [0.2, 0.25) is 0 Å². The monoisotopic (exact) mass is 283 g/mol. The molecule has 2 rings (SSSR count). The summed E-state index contributed by atoms with van der Waals surface area (Å²) in [5.74, 6) is 0.793. The summed E-state index contributed by atoms with van der Waals surface area (Å²) < 4.78 is 5.48. The van der Waals surface area contributed by atoms with Crippen LogP contribution in [0.3, 0.4) is 0 Å². The molecule has 0 spiro atoms. The van der Waals surface area contributed by atoms with Gasteiger partial charge in [-0.15, -0.1) is 0 Å². The van der Waals surface area contributed by atoms with Crippen molar-refractivity contribution in [2.75, 3.05) is 6.54 Å². The van der Waals surface area contributed by atoms with Gasteiger partial charge in [-0.3, -0.25) is 0 Å². The van der Waals surface area contributed by atoms with E-state index in [-0.39, 0.29) is 6.04 Å². The number of furan rings is 1. The molecule has 0 saturated carbocycles. The molecule has 0 bridgehead atoms. The van der Waals surface area contributed by atoms with E-state index in [9.17, 15) is 0 Å². The number of rotatable bonds is 4. The topological polar surface area (TPSA) is 25.2 Å². The van der Waals surface area contributed by atoms with E-state index in [0.29, 0.717) is 5.22 Å². The Hall–Kier alpha value is -0.960. The summed E-state index contributed by atoms with van der Waals surface area (Å²) in [7, 11) is 0. The molecule has 0 aliphatic rings. The third-order valence-electron chi connectivity index (χ3n) is 2.82. The molecule has 1 N–H and O–H groups in total. The van der Waals surface area contributed by atoms with Crippen LogP contribution in [0, 0.1) is 6.92 Å². The summed E-state index contributed by atoms with van der Waals surface area (Å²) in [6.07, 6.45) is 0. The van der Waals surface area contributed by atoms with Crippen molar-refractivity contribution in [1.82, 2.24) is 5.32 Å². The molecule has 0 saturated heterocycles. The number of hydrogen-bond donors (Lipinski definition) is 1. The second-order valence-corrected chi connectivity index (χ2v) is 4.92. The van der Waals surface area contributed by atoms with Crippen LogP contribution in [0.15, 0.2) is 34.7 Å². The summed E-state index contributed by atoms with van der Waals surface area (Å²) in [4.78, 5) is 0. The van der Waals surface area contributed by atoms with E-state index in [2.05, 4.69) is 5.32 Å². The molecule has 1 atom stereocenters. The molecule has 0 aliphatic carbocycles. The van der Waals surface area contributed by atoms with Crippen molar-refractivity contribution in [3.8, 4) is 0 Å². The van der Waals surface area contributed by atoms with E-state index in [1.807, 2.05) is 38.1 Å². The van der Waals surface area contributed by atoms with Crippen molar-refractivity contribution < 1.29 is 4.42 Å². The largest absolute Gasteiger partial charge is 0.448 e. The molecule has 0 fully saturated rings. The van der Waals surface area contributed by atoms with Gasteiger partial charge in [-0.25, -0.2) is 0 Å². The number of benzene rings is 1. The Bertz CT molecular complexity index is 536. The van der Waals surface area contributed by atoms with Crippen LogP contribution in [0.5, 0.6) is 0 Å². The van der Waals surface area contributed by atoms with Gasteiger partial charge < -0.3 is 9.73 Å². The predicted molar refractivity (Wildman–Crippen MR) is 75.4 cm³/mol. The molecule has 0 radical (unpaired) electrons. The molecule has 0 amide bonds. The van der Waals surface area contributed by atoms with Crippen molar-refractivity contribution in [2.45, 2.75) is 19.9 Å². The Labute approximate surface area is 117 Å². The molecular formula is C14H15Cl2NO. The molecule has 2 aromatic rings. The van der Waals surface area contributed by atoms with E-state index in [4.69, 9.17) is 27.6 Å². The van der Waals surface area contributed by atoms with E-state index in [0.717, 1.165) is 28.5 Å². The highest BCUT2D eigenvalue weighted by atomic mass is 35.5. The fourth-order valence-corrected chi connectivity index (χ4v) is 2.20. The second-order valence-electron chi connectivity index (χ2n) is 4.14. The van der Waals surface area contributed by atoms with E-state index >= 15 is 0 Å². The number of halogens is 2. The predicted octanol–water partition coefficient (Wildman–Crippen LogP) is 4.59. The van der Waals surface area contributed by atoms with Crippen molar-refractivity contribution in [1.29, 1.82) is 0 Å². The Kier molecular flexibility index (Phi) is 4.33. The lowest BCUT2D eigenvalue weighted by Gasteiger charge is -2.16. The van der Waals surface area contributed by atoms with Gasteiger partial charge in [0.15, 0.2) is 5.22 Å². The van der Waals surface area contributed by atoms with Crippen molar-refractivity contribution in [2.24, 2.45) is 0 Å². The first-order chi connectivity index (χ1) is 8.61. The van der Waals surface area contributed by atoms with Gasteiger partial charge in [-0.1, -0.05) is 30.7 Å². The van der Waals surface area contributed by atoms with Crippen molar-refractivity contribution in [3.05, 3.63) is 57.5 Å². The third kappa shape index (κ3) is 2.89. The summed E-state index contributed by atoms with van der Waals surface area (Å²) in [5, 5.41) is 4.52. The van der Waals surface area contributed by atoms with Gasteiger partial charge in [-0.2, -0.15) is 0 Å². The highest BCUT2D eigenvalue weighted by molar-refractivity contribution is 6.31. The number of hydrogen-bond acceptors (Lipinski definition) is 2. The second kappa shape index (κ2) is 5.79. The van der Waals surface area contributed by atoms with Crippen LogP contribution in [0.1, 0.15) is 29.9 Å². The zero-order valence-electron chi connectivity index (χ0n) is 10.3. The van der Waals surface area contributed by atoms with Gasteiger partial charge in [0.1, 0.15) is 5.76 Å². The Balaban J connectivity index is 2.37. The zero-order chi connectivity index (χ0) is 13.1. The summed E-state index contributed by atoms with van der Waals surface area (Å²) in [6, 6.07) is 9.61. The minimum absolute atomic E-state index is 0.0272. The minimum atomic E-state index is -0.0272. The maximum Gasteiger partial charge on any atom is 0.193 e. The normalized spacial score (nSPS) is 12.7. The molecule has 1 unspecified atom stereocenters. The van der Waals surface area contributed by atoms with Crippen LogP contribution >= 0.6 is 23.2 Å². The molecular weight excluding hydrogens is 269 g/mol. The zero-order valence-corrected chi connectivity index (χ0v) is 11.8. The highest BCUT2D eigenvalue weighted by Gasteiger charge is 2.17. The molecule has 1 heterocycles. The quantitative estimate of drug-likeness (QED) is 0.888. The van der Waals surface area contributed by atoms with Crippen molar-refractivity contribution in [3.63, 3.8) is 0 Å². The van der Waals surface area contributed by atoms with Crippen LogP contribution in [0.25, 0.3) is 0 Å². The van der Waals surface area contributed by atoms with Crippen LogP contribution in [0.4, 0.5) is 0 Å². The smallest absolute Gasteiger partial charge is 0.193 e. The fourth-order valence-electron chi connectivity index (χ4n) is 1.86. The lowest BCUT2D eigenvalue weighted by molar-refractivity contribution is 0.453. The molecule has 1 aromatic heterocycles. The van der Waals surface area contributed by atoms with E-state index in [1.54, 1.807) is 6.07 Å². The number of aryl methyl sites for hydroxylation is 1. The average molecular weight is 284 g/mol. The van der Waals surface area contributed by atoms with Crippen LogP contribution < -0.4 is 5.32 Å². The lowest BCUT2D eigenvalue weighted by Crippen LogP contribution is -2.21. The van der Waals surface area contributed by atoms with Crippen LogP contribution in [-0.4, -0.2) is 6.54 Å². The first-order valence-electron chi connectivity index (χ1n) is 5.86. The Morgan fingerprint density at radius 2 is 2.00 bits per heavy atom. The molecule has 18 heavy (non-hydrogen) atoms. The molecule has 4 heteroatoms. The first-order valence-corrected chi connectivity index (χ1v) is 6.62. The van der Waals surface area contributed by atoms with Gasteiger partial charge >= 0.3 is 0 Å². The highest BCUT2D eigenvalue weighted by Crippen LogP contribution is 2.28. The molecule has 0 aliphatic heterocycles. The number of nitrogens with one attached hydrogen (secondary N) is 1. The van der Waals surface area contributed by atoms with E-state index < -0.39 is 0 Å². The Morgan fingerprint density at radius 3 is 2.56 bits per heavy atom. The van der Waals surface area contributed by atoms with Crippen LogP contribution in [0.2, 0.25) is 10.2 Å². The third-order valence-corrected chi connectivity index (χ3v) is 3.43. The van der Waals surface area contributed by atoms with Crippen LogP contribution in [-0.2, 0) is 0 Å². The lowest BCUT2D eigenvalue weighted by atomic mass is 10.0.